The molecule has 2 N–H and O–H groups in total. The molecular weight excluding hydrogens is 465 g/mol. The summed E-state index contributed by atoms with van der Waals surface area (Å²) in [6.45, 7) is 2.61. The lowest BCUT2D eigenvalue weighted by Gasteiger charge is -2.36. The molecule has 5 rings (SSSR count). The molecule has 3 aromatic rings. The third-order valence-corrected chi connectivity index (χ3v) is 6.16. The highest BCUT2D eigenvalue weighted by Crippen LogP contribution is 2.33. The summed E-state index contributed by atoms with van der Waals surface area (Å²) in [5, 5.41) is 5.80. The van der Waals surface area contributed by atoms with Gasteiger partial charge in [-0.15, -0.1) is 0 Å². The first-order chi connectivity index (χ1) is 17.6. The van der Waals surface area contributed by atoms with E-state index in [1.54, 1.807) is 59.6 Å². The van der Waals surface area contributed by atoms with E-state index in [1.165, 1.54) is 6.07 Å². The van der Waals surface area contributed by atoms with Crippen LogP contribution < -0.4 is 25.0 Å². The number of rotatable bonds is 6. The van der Waals surface area contributed by atoms with Crippen molar-refractivity contribution < 1.29 is 23.5 Å². The summed E-state index contributed by atoms with van der Waals surface area (Å²) in [6, 6.07) is 15.0. The average Bonchev–Trinajstić information content (AvgIpc) is 3.38. The number of anilines is 2. The van der Waals surface area contributed by atoms with E-state index >= 15 is 0 Å². The van der Waals surface area contributed by atoms with Crippen molar-refractivity contribution in [1.29, 1.82) is 0 Å². The van der Waals surface area contributed by atoms with E-state index in [9.17, 15) is 14.0 Å². The Morgan fingerprint density at radius 2 is 1.78 bits per heavy atom. The zero-order valence-electron chi connectivity index (χ0n) is 19.6. The number of carbonyl (C=O) groups is 2. The number of nitrogens with one attached hydrogen (secondary N) is 2. The van der Waals surface area contributed by atoms with Crippen LogP contribution in [0.4, 0.5) is 20.7 Å². The Kier molecular flexibility index (Phi) is 6.83. The number of nitrogens with zero attached hydrogens (tertiary/aromatic N) is 3. The smallest absolute Gasteiger partial charge is 0.317 e. The highest BCUT2D eigenvalue weighted by Gasteiger charge is 2.24. The predicted molar refractivity (Wildman–Crippen MR) is 132 cm³/mol. The van der Waals surface area contributed by atoms with Crippen LogP contribution >= 0.6 is 0 Å². The summed E-state index contributed by atoms with van der Waals surface area (Å²) < 4.78 is 24.4. The summed E-state index contributed by atoms with van der Waals surface area (Å²) in [7, 11) is 0. The van der Waals surface area contributed by atoms with Crippen molar-refractivity contribution in [3.63, 3.8) is 0 Å². The van der Waals surface area contributed by atoms with E-state index in [2.05, 4.69) is 15.6 Å². The average molecular weight is 492 g/mol. The Labute approximate surface area is 207 Å². The summed E-state index contributed by atoms with van der Waals surface area (Å²) in [5.74, 6) is 1.25. The number of carbonyl (C=O) groups excluding carboxylic acids is 2. The molecule has 0 unspecified atom stereocenters. The Morgan fingerprint density at radius 1 is 0.972 bits per heavy atom. The van der Waals surface area contributed by atoms with Crippen LogP contribution in [-0.4, -0.2) is 61.3 Å². The largest absolute Gasteiger partial charge is 0.454 e. The summed E-state index contributed by atoms with van der Waals surface area (Å²) in [5.41, 5.74) is 1.61. The predicted octanol–water partition coefficient (Wildman–Crippen LogP) is 3.28. The first-order valence-electron chi connectivity index (χ1n) is 11.8. The normalized spacial score (nSPS) is 14.5. The molecule has 3 heterocycles. The molecule has 0 aliphatic carbocycles. The quantitative estimate of drug-likeness (QED) is 0.550. The topological polar surface area (TPSA) is 96.0 Å². The van der Waals surface area contributed by atoms with E-state index in [0.717, 1.165) is 0 Å². The molecule has 3 amide bonds. The summed E-state index contributed by atoms with van der Waals surface area (Å²) in [6.07, 6.45) is 2.10. The number of ether oxygens (including phenoxy) is 2. The minimum atomic E-state index is -0.282. The van der Waals surface area contributed by atoms with E-state index in [-0.39, 0.29) is 24.5 Å². The molecule has 0 radical (unpaired) electrons. The first-order valence-corrected chi connectivity index (χ1v) is 11.8. The number of halogens is 1. The maximum absolute atomic E-state index is 13.8. The fraction of sp³-hybridized carbons (Fsp3) is 0.269. The van der Waals surface area contributed by atoms with Crippen molar-refractivity contribution >= 4 is 23.4 Å². The van der Waals surface area contributed by atoms with Crippen LogP contribution in [0.1, 0.15) is 15.9 Å². The molecule has 0 saturated carbocycles. The van der Waals surface area contributed by atoms with Crippen molar-refractivity contribution in [3.8, 4) is 11.5 Å². The maximum Gasteiger partial charge on any atom is 0.317 e. The highest BCUT2D eigenvalue weighted by molar-refractivity contribution is 6.06. The van der Waals surface area contributed by atoms with E-state index in [1.807, 2.05) is 4.90 Å². The van der Waals surface area contributed by atoms with Gasteiger partial charge in [-0.1, -0.05) is 18.2 Å². The number of hydrogen-bond donors (Lipinski definition) is 2. The molecular formula is C26H26FN5O4. The molecule has 2 aromatic carbocycles. The van der Waals surface area contributed by atoms with E-state index in [0.29, 0.717) is 73.3 Å². The van der Waals surface area contributed by atoms with Crippen LogP contribution in [0.25, 0.3) is 0 Å². The number of amides is 3. The molecule has 1 aromatic heterocycles. The van der Waals surface area contributed by atoms with Gasteiger partial charge in [0.15, 0.2) is 17.3 Å². The zero-order valence-corrected chi connectivity index (χ0v) is 19.6. The van der Waals surface area contributed by atoms with Crippen LogP contribution in [0, 0.1) is 5.82 Å². The van der Waals surface area contributed by atoms with Crippen molar-refractivity contribution in [2.45, 2.75) is 6.42 Å². The van der Waals surface area contributed by atoms with Crippen molar-refractivity contribution in [2.75, 3.05) is 49.7 Å². The van der Waals surface area contributed by atoms with Crippen LogP contribution in [0.15, 0.2) is 60.8 Å². The van der Waals surface area contributed by atoms with Gasteiger partial charge in [-0.05, 0) is 48.4 Å². The Hall–Kier alpha value is -4.34. The maximum atomic E-state index is 13.8. The molecule has 0 spiro atoms. The number of aromatic nitrogens is 1. The molecule has 0 bridgehead atoms. The second kappa shape index (κ2) is 10.5. The zero-order chi connectivity index (χ0) is 24.9. The minimum Gasteiger partial charge on any atom is -0.454 e. The van der Waals surface area contributed by atoms with Gasteiger partial charge in [-0.2, -0.15) is 0 Å². The van der Waals surface area contributed by atoms with Crippen molar-refractivity contribution in [3.05, 3.63) is 77.7 Å². The lowest BCUT2D eigenvalue weighted by Crippen LogP contribution is -2.52. The van der Waals surface area contributed by atoms with Gasteiger partial charge < -0.3 is 29.9 Å². The number of benzene rings is 2. The fourth-order valence-electron chi connectivity index (χ4n) is 4.22. The second-order valence-electron chi connectivity index (χ2n) is 8.44. The van der Waals surface area contributed by atoms with Gasteiger partial charge in [0.25, 0.3) is 5.91 Å². The second-order valence-corrected chi connectivity index (χ2v) is 8.44. The van der Waals surface area contributed by atoms with Gasteiger partial charge in [0.1, 0.15) is 5.82 Å². The Balaban J connectivity index is 1.15. The Bertz CT molecular complexity index is 1260. The molecule has 2 aliphatic heterocycles. The van der Waals surface area contributed by atoms with Gasteiger partial charge >= 0.3 is 6.03 Å². The SMILES string of the molecule is O=C(Nc1cccnc1N1CCN(C(=O)NCCc2ccccc2F)CC1)c1ccc2c(c1)OCO2. The highest BCUT2D eigenvalue weighted by atomic mass is 19.1. The van der Waals surface area contributed by atoms with Crippen molar-refractivity contribution in [2.24, 2.45) is 0 Å². The van der Waals surface area contributed by atoms with Crippen molar-refractivity contribution in [1.82, 2.24) is 15.2 Å². The molecule has 0 atom stereocenters. The number of pyridine rings is 1. The third kappa shape index (κ3) is 5.17. The van der Waals surface area contributed by atoms with Crippen LogP contribution in [0.2, 0.25) is 0 Å². The third-order valence-electron chi connectivity index (χ3n) is 6.16. The number of fused-ring (bicyclic) bond motifs is 1. The monoisotopic (exact) mass is 491 g/mol. The number of hydrogen-bond acceptors (Lipinski definition) is 6. The number of piperazine rings is 1. The molecule has 10 heteroatoms. The van der Waals surface area contributed by atoms with Gasteiger partial charge in [-0.3, -0.25) is 4.79 Å². The summed E-state index contributed by atoms with van der Waals surface area (Å²) in [4.78, 5) is 33.7. The van der Waals surface area contributed by atoms with Crippen LogP contribution in [0.5, 0.6) is 11.5 Å². The van der Waals surface area contributed by atoms with Gasteiger partial charge in [-0.25, -0.2) is 14.2 Å². The molecule has 2 aliphatic rings. The number of urea groups is 1. The lowest BCUT2D eigenvalue weighted by molar-refractivity contribution is 0.102. The fourth-order valence-corrected chi connectivity index (χ4v) is 4.22. The molecule has 1 fully saturated rings. The van der Waals surface area contributed by atoms with Crippen LogP contribution in [-0.2, 0) is 6.42 Å². The van der Waals surface area contributed by atoms with E-state index < -0.39 is 0 Å². The Morgan fingerprint density at radius 3 is 2.61 bits per heavy atom. The molecule has 36 heavy (non-hydrogen) atoms. The van der Waals surface area contributed by atoms with Gasteiger partial charge in [0, 0.05) is 44.5 Å². The first kappa shape index (κ1) is 23.4. The standard InChI is InChI=1S/C26H26FN5O4/c27-20-5-2-1-4-18(20)9-11-29-26(34)32-14-12-31(13-15-32)24-21(6-3-10-28-24)30-25(33)19-7-8-22-23(16-19)36-17-35-22/h1-8,10,16H,9,11-15,17H2,(H,29,34)(H,30,33). The minimum absolute atomic E-state index is 0.142. The summed E-state index contributed by atoms with van der Waals surface area (Å²) >= 11 is 0. The van der Waals surface area contributed by atoms with Gasteiger partial charge in [0.05, 0.1) is 5.69 Å². The molecule has 186 valence electrons. The molecule has 9 nitrogen and oxygen atoms in total. The van der Waals surface area contributed by atoms with Crippen LogP contribution in [0.3, 0.4) is 0 Å². The molecule has 1 saturated heterocycles. The van der Waals surface area contributed by atoms with Gasteiger partial charge in [0.2, 0.25) is 6.79 Å². The lowest BCUT2D eigenvalue weighted by atomic mass is 10.1. The van der Waals surface area contributed by atoms with E-state index in [4.69, 9.17) is 9.47 Å².